The van der Waals surface area contributed by atoms with E-state index in [1.165, 1.54) is 58.0 Å². The van der Waals surface area contributed by atoms with Crippen LogP contribution in [0.15, 0.2) is 0 Å². The first-order chi connectivity index (χ1) is 9.65. The summed E-state index contributed by atoms with van der Waals surface area (Å²) in [7, 11) is 0. The Morgan fingerprint density at radius 3 is 2.60 bits per heavy atom. The van der Waals surface area contributed by atoms with E-state index in [0.29, 0.717) is 0 Å². The molecule has 0 aromatic rings. The zero-order chi connectivity index (χ0) is 14.1. The summed E-state index contributed by atoms with van der Waals surface area (Å²) < 4.78 is 0. The van der Waals surface area contributed by atoms with Crippen molar-refractivity contribution in [2.75, 3.05) is 13.1 Å². The van der Waals surface area contributed by atoms with E-state index in [1.54, 1.807) is 0 Å². The van der Waals surface area contributed by atoms with E-state index < -0.39 is 0 Å². The van der Waals surface area contributed by atoms with E-state index in [0.717, 1.165) is 35.9 Å². The molecule has 5 unspecified atom stereocenters. The van der Waals surface area contributed by atoms with Crippen LogP contribution in [0.3, 0.4) is 0 Å². The van der Waals surface area contributed by atoms with Crippen LogP contribution in [0.2, 0.25) is 0 Å². The van der Waals surface area contributed by atoms with Gasteiger partial charge in [-0.25, -0.2) is 0 Å². The predicted molar refractivity (Wildman–Crippen MR) is 85.9 cm³/mol. The summed E-state index contributed by atoms with van der Waals surface area (Å²) in [6.45, 7) is 10.0. The molecular formula is C18H34N2. The van der Waals surface area contributed by atoms with Crippen LogP contribution in [0.5, 0.6) is 0 Å². The molecule has 3 rings (SSSR count). The van der Waals surface area contributed by atoms with E-state index in [4.69, 9.17) is 0 Å². The maximum absolute atomic E-state index is 4.14. The minimum Gasteiger partial charge on any atom is -0.309 e. The van der Waals surface area contributed by atoms with Crippen molar-refractivity contribution >= 4 is 0 Å². The monoisotopic (exact) mass is 278 g/mol. The maximum atomic E-state index is 4.14. The second-order valence-corrected chi connectivity index (χ2v) is 8.09. The number of rotatable bonds is 3. The summed E-state index contributed by atoms with van der Waals surface area (Å²) in [5.74, 6) is 2.67. The molecule has 2 heteroatoms. The first kappa shape index (κ1) is 14.8. The molecule has 2 heterocycles. The fourth-order valence-corrected chi connectivity index (χ4v) is 5.11. The van der Waals surface area contributed by atoms with E-state index in [1.807, 2.05) is 0 Å². The number of nitrogens with zero attached hydrogens (tertiary/aromatic N) is 1. The smallest absolute Gasteiger partial charge is 0.0249 e. The zero-order valence-corrected chi connectivity index (χ0v) is 13.8. The molecule has 3 fully saturated rings. The van der Waals surface area contributed by atoms with Gasteiger partial charge < -0.3 is 5.32 Å². The van der Waals surface area contributed by atoms with Gasteiger partial charge in [0.25, 0.3) is 0 Å². The molecule has 1 saturated carbocycles. The van der Waals surface area contributed by atoms with Gasteiger partial charge in [-0.05, 0) is 56.4 Å². The van der Waals surface area contributed by atoms with Gasteiger partial charge in [0.1, 0.15) is 0 Å². The maximum Gasteiger partial charge on any atom is 0.0249 e. The first-order valence-electron chi connectivity index (χ1n) is 9.15. The van der Waals surface area contributed by atoms with Gasteiger partial charge in [-0.1, -0.05) is 33.6 Å². The molecule has 116 valence electrons. The number of piperidine rings is 1. The summed E-state index contributed by atoms with van der Waals surface area (Å²) in [5, 5.41) is 4.14. The molecule has 0 bridgehead atoms. The van der Waals surface area contributed by atoms with Gasteiger partial charge in [-0.3, -0.25) is 4.90 Å². The summed E-state index contributed by atoms with van der Waals surface area (Å²) in [5.41, 5.74) is 0. The Hall–Kier alpha value is -0.0800. The van der Waals surface area contributed by atoms with Crippen molar-refractivity contribution in [1.29, 1.82) is 0 Å². The third-order valence-electron chi connectivity index (χ3n) is 6.31. The minimum absolute atomic E-state index is 0.783. The largest absolute Gasteiger partial charge is 0.309 e. The highest BCUT2D eigenvalue weighted by molar-refractivity contribution is 4.97. The second-order valence-electron chi connectivity index (χ2n) is 8.09. The van der Waals surface area contributed by atoms with Crippen LogP contribution in [0.1, 0.15) is 65.7 Å². The van der Waals surface area contributed by atoms with Crippen LogP contribution in [-0.2, 0) is 0 Å². The highest BCUT2D eigenvalue weighted by atomic mass is 15.2. The molecule has 0 radical (unpaired) electrons. The molecule has 2 nitrogen and oxygen atoms in total. The molecule has 1 aliphatic carbocycles. The Balaban J connectivity index is 1.62. The lowest BCUT2D eigenvalue weighted by molar-refractivity contribution is 0.133. The molecule has 3 aliphatic rings. The van der Waals surface area contributed by atoms with Crippen LogP contribution >= 0.6 is 0 Å². The van der Waals surface area contributed by atoms with Gasteiger partial charge >= 0.3 is 0 Å². The summed E-state index contributed by atoms with van der Waals surface area (Å²) in [4.78, 5) is 2.76. The van der Waals surface area contributed by atoms with Gasteiger partial charge in [-0.2, -0.15) is 0 Å². The van der Waals surface area contributed by atoms with E-state index in [9.17, 15) is 0 Å². The number of nitrogens with one attached hydrogen (secondary N) is 1. The first-order valence-corrected chi connectivity index (χ1v) is 9.15. The van der Waals surface area contributed by atoms with E-state index in [2.05, 4.69) is 31.0 Å². The summed E-state index contributed by atoms with van der Waals surface area (Å²) in [6.07, 6.45) is 10.0. The lowest BCUT2D eigenvalue weighted by atomic mass is 9.73. The molecule has 0 aromatic carbocycles. The van der Waals surface area contributed by atoms with Crippen molar-refractivity contribution in [1.82, 2.24) is 10.2 Å². The van der Waals surface area contributed by atoms with Crippen molar-refractivity contribution < 1.29 is 0 Å². The highest BCUT2D eigenvalue weighted by Gasteiger charge is 2.39. The summed E-state index contributed by atoms with van der Waals surface area (Å²) >= 11 is 0. The van der Waals surface area contributed by atoms with Gasteiger partial charge in [0.05, 0.1) is 0 Å². The van der Waals surface area contributed by atoms with Gasteiger partial charge in [0.15, 0.2) is 0 Å². The highest BCUT2D eigenvalue weighted by Crippen LogP contribution is 2.35. The third-order valence-corrected chi connectivity index (χ3v) is 6.31. The average molecular weight is 278 g/mol. The molecule has 1 N–H and O–H groups in total. The Kier molecular flexibility index (Phi) is 4.72. The summed E-state index contributed by atoms with van der Waals surface area (Å²) in [6, 6.07) is 2.42. The van der Waals surface area contributed by atoms with Crippen LogP contribution in [0, 0.1) is 17.8 Å². The fourth-order valence-electron chi connectivity index (χ4n) is 5.11. The molecule has 0 aromatic heterocycles. The van der Waals surface area contributed by atoms with Crippen LogP contribution in [0.25, 0.3) is 0 Å². The topological polar surface area (TPSA) is 15.3 Å². The Morgan fingerprint density at radius 1 is 0.950 bits per heavy atom. The Morgan fingerprint density at radius 2 is 1.80 bits per heavy atom. The van der Waals surface area contributed by atoms with Gasteiger partial charge in [0, 0.05) is 24.7 Å². The van der Waals surface area contributed by atoms with Crippen molar-refractivity contribution in [3.8, 4) is 0 Å². The van der Waals surface area contributed by atoms with Crippen molar-refractivity contribution in [3.05, 3.63) is 0 Å². The van der Waals surface area contributed by atoms with Crippen LogP contribution in [-0.4, -0.2) is 36.1 Å². The number of fused-ring (bicyclic) bond motifs is 1. The Labute approximate surface area is 125 Å². The van der Waals surface area contributed by atoms with E-state index >= 15 is 0 Å². The third kappa shape index (κ3) is 3.06. The molecule has 0 spiro atoms. The average Bonchev–Trinajstić information content (AvgIpc) is 2.82. The quantitative estimate of drug-likeness (QED) is 0.847. The molecule has 2 saturated heterocycles. The van der Waals surface area contributed by atoms with Crippen molar-refractivity contribution in [2.45, 2.75) is 83.8 Å². The lowest BCUT2D eigenvalue weighted by Crippen LogP contribution is -2.52. The SMILES string of the molecule is CC1CCC(C(C)C)C(NC2CCN3CCCCC23)C1. The van der Waals surface area contributed by atoms with Crippen molar-refractivity contribution in [3.63, 3.8) is 0 Å². The normalized spacial score (nSPS) is 42.9. The lowest BCUT2D eigenvalue weighted by Gasteiger charge is -2.41. The minimum atomic E-state index is 0.783. The Bertz CT molecular complexity index is 315. The van der Waals surface area contributed by atoms with Crippen molar-refractivity contribution in [2.24, 2.45) is 17.8 Å². The standard InChI is InChI=1S/C18H34N2/c1-13(2)15-8-7-14(3)12-17(15)19-16-9-11-20-10-5-4-6-18(16)20/h13-19H,4-12H2,1-3H3. The predicted octanol–water partition coefficient (Wildman–Crippen LogP) is 3.66. The number of hydrogen-bond acceptors (Lipinski definition) is 2. The zero-order valence-electron chi connectivity index (χ0n) is 13.8. The van der Waals surface area contributed by atoms with E-state index in [-0.39, 0.29) is 0 Å². The molecule has 5 atom stereocenters. The van der Waals surface area contributed by atoms with Gasteiger partial charge in [0.2, 0.25) is 0 Å². The van der Waals surface area contributed by atoms with Crippen LogP contribution in [0.4, 0.5) is 0 Å². The molecular weight excluding hydrogens is 244 g/mol. The van der Waals surface area contributed by atoms with Gasteiger partial charge in [-0.15, -0.1) is 0 Å². The molecule has 2 aliphatic heterocycles. The molecule has 20 heavy (non-hydrogen) atoms. The fraction of sp³-hybridized carbons (Fsp3) is 1.00. The number of hydrogen-bond donors (Lipinski definition) is 1. The molecule has 0 amide bonds. The van der Waals surface area contributed by atoms with Crippen LogP contribution < -0.4 is 5.32 Å². The second kappa shape index (κ2) is 6.36.